The van der Waals surface area contributed by atoms with Gasteiger partial charge in [-0.1, -0.05) is 45.3 Å². The Hall–Kier alpha value is -0.260. The molecular formula is C13H24. The smallest absolute Gasteiger partial charge is 0.0155 e. The lowest BCUT2D eigenvalue weighted by Crippen LogP contribution is -2.27. The Morgan fingerprint density at radius 1 is 1.46 bits per heavy atom. The van der Waals surface area contributed by atoms with Crippen LogP contribution in [0, 0.1) is 11.3 Å². The molecule has 0 aliphatic heterocycles. The maximum atomic E-state index is 2.45. The van der Waals surface area contributed by atoms with Gasteiger partial charge in [0.2, 0.25) is 0 Å². The molecular weight excluding hydrogens is 156 g/mol. The molecule has 76 valence electrons. The molecule has 0 heterocycles. The Bertz CT molecular complexity index is 186. The van der Waals surface area contributed by atoms with E-state index in [4.69, 9.17) is 0 Å². The van der Waals surface area contributed by atoms with E-state index in [0.29, 0.717) is 5.41 Å². The van der Waals surface area contributed by atoms with E-state index in [9.17, 15) is 0 Å². The summed E-state index contributed by atoms with van der Waals surface area (Å²) in [5, 5.41) is 0. The van der Waals surface area contributed by atoms with Crippen LogP contribution < -0.4 is 0 Å². The summed E-state index contributed by atoms with van der Waals surface area (Å²) in [6, 6.07) is 0. The minimum atomic E-state index is 0.550. The molecule has 1 unspecified atom stereocenters. The molecule has 0 N–H and O–H groups in total. The highest BCUT2D eigenvalue weighted by Gasteiger charge is 2.31. The lowest BCUT2D eigenvalue weighted by molar-refractivity contribution is 0.200. The molecule has 1 aliphatic rings. The van der Waals surface area contributed by atoms with Crippen molar-refractivity contribution < 1.29 is 0 Å². The molecule has 0 aromatic rings. The Morgan fingerprint density at radius 3 is 2.69 bits per heavy atom. The van der Waals surface area contributed by atoms with Crippen molar-refractivity contribution in [3.8, 4) is 0 Å². The lowest BCUT2D eigenvalue weighted by Gasteiger charge is -2.38. The third-order valence-electron chi connectivity index (χ3n) is 3.59. The van der Waals surface area contributed by atoms with Crippen molar-refractivity contribution in [2.45, 2.75) is 59.8 Å². The van der Waals surface area contributed by atoms with Crippen LogP contribution >= 0.6 is 0 Å². The Morgan fingerprint density at radius 2 is 2.15 bits per heavy atom. The molecule has 0 fully saturated rings. The maximum absolute atomic E-state index is 2.45. The first-order chi connectivity index (χ1) is 6.08. The molecule has 0 amide bonds. The third-order valence-corrected chi connectivity index (χ3v) is 3.59. The van der Waals surface area contributed by atoms with E-state index in [0.717, 1.165) is 5.92 Å². The van der Waals surface area contributed by atoms with Crippen LogP contribution in [0.2, 0.25) is 0 Å². The van der Waals surface area contributed by atoms with Crippen molar-refractivity contribution in [1.82, 2.24) is 0 Å². The fourth-order valence-electron chi connectivity index (χ4n) is 2.63. The van der Waals surface area contributed by atoms with Gasteiger partial charge in [-0.05, 0) is 37.5 Å². The van der Waals surface area contributed by atoms with E-state index in [2.05, 4.69) is 33.8 Å². The fraction of sp³-hybridized carbons (Fsp3) is 0.846. The van der Waals surface area contributed by atoms with Crippen LogP contribution in [0.4, 0.5) is 0 Å². The minimum absolute atomic E-state index is 0.550. The van der Waals surface area contributed by atoms with Crippen LogP contribution in [0.25, 0.3) is 0 Å². The number of rotatable bonds is 3. The quantitative estimate of drug-likeness (QED) is 0.558. The van der Waals surface area contributed by atoms with Crippen LogP contribution in [0.5, 0.6) is 0 Å². The predicted octanol–water partition coefficient (Wildman–Crippen LogP) is 4.56. The van der Waals surface area contributed by atoms with Crippen LogP contribution in [-0.2, 0) is 0 Å². The fourth-order valence-corrected chi connectivity index (χ4v) is 2.63. The molecule has 0 bridgehead atoms. The maximum Gasteiger partial charge on any atom is -0.0155 e. The molecule has 0 radical (unpaired) electrons. The zero-order chi connectivity index (χ0) is 9.90. The Balaban J connectivity index is 2.64. The van der Waals surface area contributed by atoms with Gasteiger partial charge in [0.15, 0.2) is 0 Å². The largest absolute Gasteiger partial charge is 0.0853 e. The molecule has 1 rings (SSSR count). The van der Waals surface area contributed by atoms with Crippen molar-refractivity contribution in [3.63, 3.8) is 0 Å². The first-order valence-corrected chi connectivity index (χ1v) is 5.74. The van der Waals surface area contributed by atoms with E-state index >= 15 is 0 Å². The van der Waals surface area contributed by atoms with Gasteiger partial charge in [0, 0.05) is 0 Å². The zero-order valence-electron chi connectivity index (χ0n) is 9.69. The Kier molecular flexibility index (Phi) is 3.58. The molecule has 0 saturated carbocycles. The number of allylic oxidation sites excluding steroid dienone is 2. The van der Waals surface area contributed by atoms with Gasteiger partial charge in [-0.2, -0.15) is 0 Å². The summed E-state index contributed by atoms with van der Waals surface area (Å²) in [5.74, 6) is 0.848. The first kappa shape index (κ1) is 10.8. The minimum Gasteiger partial charge on any atom is -0.0853 e. The molecule has 0 saturated heterocycles. The molecule has 0 aromatic carbocycles. The molecule has 0 spiro atoms. The highest BCUT2D eigenvalue weighted by atomic mass is 14.4. The highest BCUT2D eigenvalue weighted by molar-refractivity contribution is 5.11. The second-order valence-corrected chi connectivity index (χ2v) is 5.17. The summed E-state index contributed by atoms with van der Waals surface area (Å²) >= 11 is 0. The number of unbranched alkanes of at least 4 members (excludes halogenated alkanes) is 1. The van der Waals surface area contributed by atoms with Crippen molar-refractivity contribution in [1.29, 1.82) is 0 Å². The molecule has 0 nitrogen and oxygen atoms in total. The molecule has 0 aromatic heterocycles. The van der Waals surface area contributed by atoms with Crippen molar-refractivity contribution in [3.05, 3.63) is 11.6 Å². The van der Waals surface area contributed by atoms with Gasteiger partial charge >= 0.3 is 0 Å². The topological polar surface area (TPSA) is 0 Å². The monoisotopic (exact) mass is 180 g/mol. The summed E-state index contributed by atoms with van der Waals surface area (Å²) in [4.78, 5) is 0. The van der Waals surface area contributed by atoms with Crippen LogP contribution in [0.15, 0.2) is 11.6 Å². The average molecular weight is 180 g/mol. The van der Waals surface area contributed by atoms with Crippen molar-refractivity contribution >= 4 is 0 Å². The van der Waals surface area contributed by atoms with Crippen LogP contribution in [-0.4, -0.2) is 0 Å². The molecule has 0 heteroatoms. The second kappa shape index (κ2) is 4.30. The van der Waals surface area contributed by atoms with E-state index in [1.807, 2.05) is 0 Å². The highest BCUT2D eigenvalue weighted by Crippen LogP contribution is 2.43. The number of hydrogen-bond acceptors (Lipinski definition) is 0. The van der Waals surface area contributed by atoms with Gasteiger partial charge in [-0.15, -0.1) is 0 Å². The Labute approximate surface area is 83.4 Å². The van der Waals surface area contributed by atoms with Crippen molar-refractivity contribution in [2.24, 2.45) is 11.3 Å². The number of hydrogen-bond donors (Lipinski definition) is 0. The second-order valence-electron chi connectivity index (χ2n) is 5.17. The van der Waals surface area contributed by atoms with Gasteiger partial charge < -0.3 is 0 Å². The van der Waals surface area contributed by atoms with Gasteiger partial charge in [-0.25, -0.2) is 0 Å². The van der Waals surface area contributed by atoms with Gasteiger partial charge in [0.25, 0.3) is 0 Å². The summed E-state index contributed by atoms with van der Waals surface area (Å²) < 4.78 is 0. The average Bonchev–Trinajstić information content (AvgIpc) is 2.02. The first-order valence-electron chi connectivity index (χ1n) is 5.74. The van der Waals surface area contributed by atoms with Crippen LogP contribution in [0.3, 0.4) is 0 Å². The van der Waals surface area contributed by atoms with E-state index in [1.54, 1.807) is 5.57 Å². The molecule has 1 atom stereocenters. The molecule has 13 heavy (non-hydrogen) atoms. The summed E-state index contributed by atoms with van der Waals surface area (Å²) in [6.45, 7) is 9.48. The van der Waals surface area contributed by atoms with E-state index in [1.165, 1.54) is 32.1 Å². The van der Waals surface area contributed by atoms with Gasteiger partial charge in [0.1, 0.15) is 0 Å². The van der Waals surface area contributed by atoms with Crippen molar-refractivity contribution in [2.75, 3.05) is 0 Å². The lowest BCUT2D eigenvalue weighted by atomic mass is 9.67. The SMILES string of the molecule is CCCCC1C(C)=CCCC1(C)C. The van der Waals surface area contributed by atoms with Gasteiger partial charge in [0.05, 0.1) is 0 Å². The van der Waals surface area contributed by atoms with Gasteiger partial charge in [-0.3, -0.25) is 0 Å². The molecule has 1 aliphatic carbocycles. The summed E-state index contributed by atoms with van der Waals surface area (Å²) in [5.41, 5.74) is 2.19. The van der Waals surface area contributed by atoms with Crippen LogP contribution in [0.1, 0.15) is 59.8 Å². The van der Waals surface area contributed by atoms with E-state index in [-0.39, 0.29) is 0 Å². The summed E-state index contributed by atoms with van der Waals surface area (Å²) in [6.07, 6.45) is 9.23. The summed E-state index contributed by atoms with van der Waals surface area (Å²) in [7, 11) is 0. The third kappa shape index (κ3) is 2.59. The predicted molar refractivity (Wildman–Crippen MR) is 59.8 cm³/mol. The normalized spacial score (nSPS) is 27.1. The van der Waals surface area contributed by atoms with E-state index < -0.39 is 0 Å². The zero-order valence-corrected chi connectivity index (χ0v) is 9.69. The standard InChI is InChI=1S/C13H24/c1-5-6-9-12-11(2)8-7-10-13(12,3)4/h8,12H,5-7,9-10H2,1-4H3.